The van der Waals surface area contributed by atoms with Gasteiger partial charge in [0, 0.05) is 5.56 Å². The SMILES string of the molecule is C[C@H](O)c1ccccc1F.O=C(O)c1ccccc1C(=O)O. The van der Waals surface area contributed by atoms with Gasteiger partial charge in [-0.1, -0.05) is 30.3 Å². The van der Waals surface area contributed by atoms with Gasteiger partial charge in [-0.15, -0.1) is 0 Å². The van der Waals surface area contributed by atoms with E-state index in [1.165, 1.54) is 30.3 Å². The smallest absolute Gasteiger partial charge is 0.336 e. The van der Waals surface area contributed by atoms with Crippen molar-refractivity contribution in [3.63, 3.8) is 0 Å². The van der Waals surface area contributed by atoms with Crippen molar-refractivity contribution >= 4 is 11.9 Å². The Balaban J connectivity index is 0.000000224. The van der Waals surface area contributed by atoms with Crippen LogP contribution in [0.5, 0.6) is 0 Å². The van der Waals surface area contributed by atoms with Gasteiger partial charge in [0.2, 0.25) is 0 Å². The molecule has 1 atom stereocenters. The van der Waals surface area contributed by atoms with Crippen LogP contribution >= 0.6 is 0 Å². The van der Waals surface area contributed by atoms with Crippen molar-refractivity contribution in [2.45, 2.75) is 13.0 Å². The van der Waals surface area contributed by atoms with Gasteiger partial charge in [-0.3, -0.25) is 0 Å². The van der Waals surface area contributed by atoms with Crippen LogP contribution in [-0.2, 0) is 0 Å². The fraction of sp³-hybridized carbons (Fsp3) is 0.125. The highest BCUT2D eigenvalue weighted by molar-refractivity contribution is 6.01. The lowest BCUT2D eigenvalue weighted by Gasteiger charge is -2.03. The van der Waals surface area contributed by atoms with Crippen LogP contribution in [0.15, 0.2) is 48.5 Å². The lowest BCUT2D eigenvalue weighted by atomic mass is 10.1. The summed E-state index contributed by atoms with van der Waals surface area (Å²) in [5.74, 6) is -2.81. The van der Waals surface area contributed by atoms with Gasteiger partial charge in [-0.05, 0) is 25.1 Å². The molecule has 2 aromatic rings. The van der Waals surface area contributed by atoms with E-state index in [0.29, 0.717) is 5.56 Å². The van der Waals surface area contributed by atoms with Crippen LogP contribution in [0.3, 0.4) is 0 Å². The fourth-order valence-electron chi connectivity index (χ4n) is 1.67. The van der Waals surface area contributed by atoms with Crippen molar-refractivity contribution in [3.8, 4) is 0 Å². The number of halogens is 1. The summed E-state index contributed by atoms with van der Waals surface area (Å²) in [5, 5.41) is 26.1. The number of aromatic carboxylic acids is 2. The van der Waals surface area contributed by atoms with Gasteiger partial charge >= 0.3 is 11.9 Å². The van der Waals surface area contributed by atoms with Crippen molar-refractivity contribution in [2.75, 3.05) is 0 Å². The Morgan fingerprint density at radius 3 is 1.64 bits per heavy atom. The normalized spacial score (nSPS) is 11.0. The molecule has 0 saturated carbocycles. The average molecular weight is 306 g/mol. The minimum absolute atomic E-state index is 0.190. The molecule has 0 amide bonds. The van der Waals surface area contributed by atoms with E-state index >= 15 is 0 Å². The summed E-state index contributed by atoms with van der Waals surface area (Å²) >= 11 is 0. The fourth-order valence-corrected chi connectivity index (χ4v) is 1.67. The molecule has 0 aromatic heterocycles. The van der Waals surface area contributed by atoms with Crippen LogP contribution in [0.4, 0.5) is 4.39 Å². The molecule has 116 valence electrons. The van der Waals surface area contributed by atoms with Crippen molar-refractivity contribution in [3.05, 3.63) is 71.0 Å². The number of carboxylic acid groups (broad SMARTS) is 2. The third-order valence-electron chi connectivity index (χ3n) is 2.74. The summed E-state index contributed by atoms with van der Waals surface area (Å²) in [6.07, 6.45) is -0.721. The Morgan fingerprint density at radius 1 is 0.909 bits per heavy atom. The number of aliphatic hydroxyl groups is 1. The molecule has 6 heteroatoms. The first-order valence-corrected chi connectivity index (χ1v) is 6.32. The standard InChI is InChI=1S/C8H9FO.C8H6O4/c1-6(10)7-4-2-3-5-8(7)9;9-7(10)5-3-1-2-4-6(5)8(11)12/h2-6,10H,1H3;1-4H,(H,9,10)(H,11,12)/t6-;/m0./s1. The molecule has 0 fully saturated rings. The van der Waals surface area contributed by atoms with Gasteiger partial charge in [-0.2, -0.15) is 0 Å². The zero-order chi connectivity index (χ0) is 16.7. The molecule has 0 saturated heterocycles. The van der Waals surface area contributed by atoms with Crippen molar-refractivity contribution in [1.29, 1.82) is 0 Å². The Labute approximate surface area is 126 Å². The van der Waals surface area contributed by atoms with Gasteiger partial charge in [-0.25, -0.2) is 14.0 Å². The van der Waals surface area contributed by atoms with Crippen LogP contribution in [0, 0.1) is 5.82 Å². The first kappa shape index (κ1) is 17.3. The Bertz CT molecular complexity index is 634. The summed E-state index contributed by atoms with van der Waals surface area (Å²) in [5.41, 5.74) is -0.0301. The molecule has 0 heterocycles. The second kappa shape index (κ2) is 7.90. The minimum Gasteiger partial charge on any atom is -0.478 e. The first-order chi connectivity index (χ1) is 10.3. The van der Waals surface area contributed by atoms with E-state index in [2.05, 4.69) is 0 Å². The molecule has 0 spiro atoms. The highest BCUT2D eigenvalue weighted by Gasteiger charge is 2.13. The van der Waals surface area contributed by atoms with Crippen LogP contribution in [0.1, 0.15) is 39.3 Å². The summed E-state index contributed by atoms with van der Waals surface area (Å²) in [4.78, 5) is 20.9. The van der Waals surface area contributed by atoms with E-state index in [4.69, 9.17) is 15.3 Å². The van der Waals surface area contributed by atoms with Crippen molar-refractivity contribution in [2.24, 2.45) is 0 Å². The lowest BCUT2D eigenvalue weighted by Crippen LogP contribution is -2.06. The topological polar surface area (TPSA) is 94.8 Å². The molecule has 0 aliphatic heterocycles. The van der Waals surface area contributed by atoms with Gasteiger partial charge < -0.3 is 15.3 Å². The van der Waals surface area contributed by atoms with E-state index in [1.54, 1.807) is 25.1 Å². The minimum atomic E-state index is -1.23. The molecule has 2 aromatic carbocycles. The largest absolute Gasteiger partial charge is 0.478 e. The molecule has 22 heavy (non-hydrogen) atoms. The second-order valence-electron chi connectivity index (χ2n) is 4.35. The van der Waals surface area contributed by atoms with E-state index in [9.17, 15) is 14.0 Å². The molecule has 0 unspecified atom stereocenters. The van der Waals surface area contributed by atoms with Crippen molar-refractivity contribution < 1.29 is 29.3 Å². The number of hydrogen-bond donors (Lipinski definition) is 3. The zero-order valence-corrected chi connectivity index (χ0v) is 11.7. The molecule has 5 nitrogen and oxygen atoms in total. The molecule has 0 radical (unpaired) electrons. The Hall–Kier alpha value is -2.73. The molecule has 2 rings (SSSR count). The number of benzene rings is 2. The maximum absolute atomic E-state index is 12.7. The van der Waals surface area contributed by atoms with Crippen LogP contribution in [-0.4, -0.2) is 27.3 Å². The third kappa shape index (κ3) is 4.68. The highest BCUT2D eigenvalue weighted by atomic mass is 19.1. The van der Waals surface area contributed by atoms with Gasteiger partial charge in [0.05, 0.1) is 17.2 Å². The Kier molecular flexibility index (Phi) is 6.22. The molecule has 0 aliphatic carbocycles. The average Bonchev–Trinajstić information content (AvgIpc) is 2.48. The monoisotopic (exact) mass is 306 g/mol. The summed E-state index contributed by atoms with van der Waals surface area (Å²) in [6.45, 7) is 1.54. The zero-order valence-electron chi connectivity index (χ0n) is 11.7. The summed E-state index contributed by atoms with van der Waals surface area (Å²) < 4.78 is 12.7. The van der Waals surface area contributed by atoms with E-state index in [1.807, 2.05) is 0 Å². The second-order valence-corrected chi connectivity index (χ2v) is 4.35. The van der Waals surface area contributed by atoms with Crippen molar-refractivity contribution in [1.82, 2.24) is 0 Å². The first-order valence-electron chi connectivity index (χ1n) is 6.32. The number of carbonyl (C=O) groups is 2. The predicted octanol–water partition coefficient (Wildman–Crippen LogP) is 2.96. The quantitative estimate of drug-likeness (QED) is 0.810. The predicted molar refractivity (Wildman–Crippen MR) is 77.4 cm³/mol. The Morgan fingerprint density at radius 2 is 1.32 bits per heavy atom. The van der Waals surface area contributed by atoms with Gasteiger partial charge in [0.15, 0.2) is 0 Å². The van der Waals surface area contributed by atoms with Gasteiger partial charge in [0.25, 0.3) is 0 Å². The molecule has 3 N–H and O–H groups in total. The molecule has 0 aliphatic rings. The lowest BCUT2D eigenvalue weighted by molar-refractivity contribution is 0.0651. The van der Waals surface area contributed by atoms with E-state index in [-0.39, 0.29) is 16.9 Å². The van der Waals surface area contributed by atoms with E-state index < -0.39 is 18.0 Å². The number of hydrogen-bond acceptors (Lipinski definition) is 3. The molecule has 0 bridgehead atoms. The summed E-state index contributed by atoms with van der Waals surface area (Å²) in [7, 11) is 0. The number of aliphatic hydroxyl groups excluding tert-OH is 1. The number of rotatable bonds is 3. The van der Waals surface area contributed by atoms with Crippen LogP contribution in [0.2, 0.25) is 0 Å². The number of carboxylic acids is 2. The van der Waals surface area contributed by atoms with Crippen LogP contribution in [0.25, 0.3) is 0 Å². The summed E-state index contributed by atoms with van der Waals surface area (Å²) in [6, 6.07) is 11.7. The maximum atomic E-state index is 12.7. The highest BCUT2D eigenvalue weighted by Crippen LogP contribution is 2.14. The maximum Gasteiger partial charge on any atom is 0.336 e. The third-order valence-corrected chi connectivity index (χ3v) is 2.74. The van der Waals surface area contributed by atoms with Crippen LogP contribution < -0.4 is 0 Å². The molecular weight excluding hydrogens is 291 g/mol. The van der Waals surface area contributed by atoms with E-state index in [0.717, 1.165) is 0 Å². The molecular formula is C16H15FO5. The van der Waals surface area contributed by atoms with Gasteiger partial charge in [0.1, 0.15) is 5.82 Å².